The summed E-state index contributed by atoms with van der Waals surface area (Å²) in [5.41, 5.74) is 3.75. The van der Waals surface area contributed by atoms with Crippen molar-refractivity contribution in [3.05, 3.63) is 29.3 Å². The van der Waals surface area contributed by atoms with E-state index >= 15 is 0 Å². The Morgan fingerprint density at radius 3 is 3.00 bits per heavy atom. The molecule has 1 saturated heterocycles. The van der Waals surface area contributed by atoms with E-state index in [1.807, 2.05) is 11.0 Å². The lowest BCUT2D eigenvalue weighted by molar-refractivity contribution is 0.252. The maximum absolute atomic E-state index is 11.7. The molecule has 16 heavy (non-hydrogen) atoms. The normalized spacial score (nSPS) is 19.5. The summed E-state index contributed by atoms with van der Waals surface area (Å²) in [6.45, 7) is 3.45. The summed E-state index contributed by atoms with van der Waals surface area (Å²) < 4.78 is 0. The lowest BCUT2D eigenvalue weighted by Crippen LogP contribution is -2.31. The Bertz CT molecular complexity index is 430. The highest BCUT2D eigenvalue weighted by atomic mass is 16.2. The molecule has 84 valence electrons. The van der Waals surface area contributed by atoms with Gasteiger partial charge in [-0.15, -0.1) is 0 Å². The molecule has 0 radical (unpaired) electrons. The zero-order valence-electron chi connectivity index (χ0n) is 9.12. The van der Waals surface area contributed by atoms with E-state index in [-0.39, 0.29) is 6.03 Å². The number of carbonyl (C=O) groups excluding carboxylic acids is 1. The van der Waals surface area contributed by atoms with Crippen molar-refractivity contribution in [1.82, 2.24) is 10.6 Å². The van der Waals surface area contributed by atoms with Gasteiger partial charge in [0.15, 0.2) is 0 Å². The van der Waals surface area contributed by atoms with Gasteiger partial charge in [-0.3, -0.25) is 4.90 Å². The quantitative estimate of drug-likeness (QED) is 0.733. The van der Waals surface area contributed by atoms with E-state index in [0.29, 0.717) is 0 Å². The summed E-state index contributed by atoms with van der Waals surface area (Å²) in [5, 5.41) is 6.20. The first-order valence-electron chi connectivity index (χ1n) is 5.73. The van der Waals surface area contributed by atoms with Gasteiger partial charge in [-0.05, 0) is 30.2 Å². The number of nitrogens with zero attached hydrogens (tertiary/aromatic N) is 1. The highest BCUT2D eigenvalue weighted by Gasteiger charge is 2.24. The van der Waals surface area contributed by atoms with E-state index in [9.17, 15) is 4.79 Å². The van der Waals surface area contributed by atoms with Gasteiger partial charge < -0.3 is 10.6 Å². The molecule has 2 amide bonds. The van der Waals surface area contributed by atoms with Crippen molar-refractivity contribution in [3.8, 4) is 0 Å². The second-order valence-electron chi connectivity index (χ2n) is 4.23. The van der Waals surface area contributed by atoms with Gasteiger partial charge in [0.05, 0.1) is 0 Å². The van der Waals surface area contributed by atoms with E-state index in [1.165, 1.54) is 11.1 Å². The minimum atomic E-state index is 0.0342. The molecule has 0 saturated carbocycles. The minimum absolute atomic E-state index is 0.0342. The first-order valence-corrected chi connectivity index (χ1v) is 5.73. The van der Waals surface area contributed by atoms with Crippen LogP contribution in [0.1, 0.15) is 11.1 Å². The second-order valence-corrected chi connectivity index (χ2v) is 4.23. The van der Waals surface area contributed by atoms with Crippen molar-refractivity contribution < 1.29 is 4.79 Å². The molecule has 2 aliphatic rings. The molecular formula is C12H15N3O. The Hall–Kier alpha value is -1.55. The van der Waals surface area contributed by atoms with Gasteiger partial charge in [0.25, 0.3) is 0 Å². The SMILES string of the molecule is O=C1NCCN1c1cccc2c1CCNC2. The fourth-order valence-electron chi connectivity index (χ4n) is 2.47. The van der Waals surface area contributed by atoms with Crippen molar-refractivity contribution in [2.45, 2.75) is 13.0 Å². The number of anilines is 1. The van der Waals surface area contributed by atoms with Crippen molar-refractivity contribution >= 4 is 11.7 Å². The van der Waals surface area contributed by atoms with E-state index in [4.69, 9.17) is 0 Å². The lowest BCUT2D eigenvalue weighted by Gasteiger charge is -2.24. The van der Waals surface area contributed by atoms with Crippen LogP contribution in [0, 0.1) is 0 Å². The molecule has 0 spiro atoms. The van der Waals surface area contributed by atoms with E-state index in [0.717, 1.165) is 38.3 Å². The number of carbonyl (C=O) groups is 1. The Morgan fingerprint density at radius 2 is 2.19 bits per heavy atom. The third-order valence-electron chi connectivity index (χ3n) is 3.26. The van der Waals surface area contributed by atoms with Crippen LogP contribution >= 0.6 is 0 Å². The highest BCUT2D eigenvalue weighted by Crippen LogP contribution is 2.27. The Morgan fingerprint density at radius 1 is 1.25 bits per heavy atom. The third kappa shape index (κ3) is 1.46. The molecule has 0 bridgehead atoms. The highest BCUT2D eigenvalue weighted by molar-refractivity contribution is 5.95. The third-order valence-corrected chi connectivity index (χ3v) is 3.26. The number of urea groups is 1. The molecular weight excluding hydrogens is 202 g/mol. The Balaban J connectivity index is 2.03. The van der Waals surface area contributed by atoms with Crippen molar-refractivity contribution in [3.63, 3.8) is 0 Å². The first kappa shape index (κ1) is 9.66. The number of nitrogens with one attached hydrogen (secondary N) is 2. The predicted octanol–water partition coefficient (Wildman–Crippen LogP) is 0.862. The molecule has 1 aromatic carbocycles. The van der Waals surface area contributed by atoms with Gasteiger partial charge in [0.1, 0.15) is 0 Å². The summed E-state index contributed by atoms with van der Waals surface area (Å²) in [4.78, 5) is 13.5. The van der Waals surface area contributed by atoms with Crippen LogP contribution in [0.25, 0.3) is 0 Å². The molecule has 2 N–H and O–H groups in total. The monoisotopic (exact) mass is 217 g/mol. The summed E-state index contributed by atoms with van der Waals surface area (Å²) in [6.07, 6.45) is 1.01. The molecule has 0 aromatic heterocycles. The number of hydrogen-bond acceptors (Lipinski definition) is 2. The molecule has 3 rings (SSSR count). The van der Waals surface area contributed by atoms with Crippen LogP contribution in [-0.4, -0.2) is 25.7 Å². The molecule has 2 aliphatic heterocycles. The van der Waals surface area contributed by atoms with Crippen LogP contribution < -0.4 is 15.5 Å². The maximum Gasteiger partial charge on any atom is 0.322 e. The number of rotatable bonds is 1. The standard InChI is InChI=1S/C12H15N3O/c16-12-14-6-7-15(12)11-3-1-2-9-8-13-5-4-10(9)11/h1-3,13H,4-8H2,(H,14,16). The van der Waals surface area contributed by atoms with Crippen LogP contribution in [-0.2, 0) is 13.0 Å². The fraction of sp³-hybridized carbons (Fsp3) is 0.417. The van der Waals surface area contributed by atoms with Crippen molar-refractivity contribution in [1.29, 1.82) is 0 Å². The van der Waals surface area contributed by atoms with Crippen molar-refractivity contribution in [2.24, 2.45) is 0 Å². The van der Waals surface area contributed by atoms with Gasteiger partial charge in [0.2, 0.25) is 0 Å². The lowest BCUT2D eigenvalue weighted by atomic mass is 9.98. The molecule has 4 heteroatoms. The van der Waals surface area contributed by atoms with Crippen LogP contribution in [0.3, 0.4) is 0 Å². The molecule has 4 nitrogen and oxygen atoms in total. The Kier molecular flexibility index (Phi) is 2.29. The predicted molar refractivity (Wildman–Crippen MR) is 62.6 cm³/mol. The van der Waals surface area contributed by atoms with E-state index < -0.39 is 0 Å². The van der Waals surface area contributed by atoms with Gasteiger partial charge in [-0.2, -0.15) is 0 Å². The summed E-state index contributed by atoms with van der Waals surface area (Å²) in [7, 11) is 0. The largest absolute Gasteiger partial charge is 0.336 e. The molecule has 0 unspecified atom stereocenters. The number of benzene rings is 1. The number of fused-ring (bicyclic) bond motifs is 1. The maximum atomic E-state index is 11.7. The van der Waals surface area contributed by atoms with Crippen molar-refractivity contribution in [2.75, 3.05) is 24.5 Å². The first-order chi connectivity index (χ1) is 7.86. The average molecular weight is 217 g/mol. The second kappa shape index (κ2) is 3.79. The number of hydrogen-bond donors (Lipinski definition) is 2. The fourth-order valence-corrected chi connectivity index (χ4v) is 2.47. The zero-order valence-corrected chi connectivity index (χ0v) is 9.12. The van der Waals surface area contributed by atoms with Gasteiger partial charge in [0, 0.05) is 25.3 Å². The van der Waals surface area contributed by atoms with Crippen LogP contribution in [0.5, 0.6) is 0 Å². The topological polar surface area (TPSA) is 44.4 Å². The average Bonchev–Trinajstić information content (AvgIpc) is 2.75. The molecule has 1 aromatic rings. The summed E-state index contributed by atoms with van der Waals surface area (Å²) in [5.74, 6) is 0. The van der Waals surface area contributed by atoms with Crippen LogP contribution in [0.2, 0.25) is 0 Å². The Labute approximate surface area is 94.6 Å². The van der Waals surface area contributed by atoms with E-state index in [2.05, 4.69) is 22.8 Å². The van der Waals surface area contributed by atoms with Crippen LogP contribution in [0.15, 0.2) is 18.2 Å². The number of amides is 2. The zero-order chi connectivity index (χ0) is 11.0. The van der Waals surface area contributed by atoms with Gasteiger partial charge in [-0.25, -0.2) is 4.79 Å². The van der Waals surface area contributed by atoms with Gasteiger partial charge in [-0.1, -0.05) is 12.1 Å². The minimum Gasteiger partial charge on any atom is -0.336 e. The molecule has 1 fully saturated rings. The summed E-state index contributed by atoms with van der Waals surface area (Å²) >= 11 is 0. The summed E-state index contributed by atoms with van der Waals surface area (Å²) in [6, 6.07) is 6.26. The molecule has 0 atom stereocenters. The molecule has 2 heterocycles. The van der Waals surface area contributed by atoms with Gasteiger partial charge >= 0.3 is 6.03 Å². The smallest absolute Gasteiger partial charge is 0.322 e. The molecule has 0 aliphatic carbocycles. The van der Waals surface area contributed by atoms with Crippen LogP contribution in [0.4, 0.5) is 10.5 Å². The van der Waals surface area contributed by atoms with E-state index in [1.54, 1.807) is 0 Å².